The van der Waals surface area contributed by atoms with Gasteiger partial charge in [0.1, 0.15) is 0 Å². The third-order valence-corrected chi connectivity index (χ3v) is 2.42. The number of rotatable bonds is 2. The molecule has 0 aromatic heterocycles. The van der Waals surface area contributed by atoms with E-state index in [0.717, 1.165) is 25.7 Å². The van der Waals surface area contributed by atoms with E-state index in [1.54, 1.807) is 0 Å². The van der Waals surface area contributed by atoms with Crippen molar-refractivity contribution in [2.75, 3.05) is 0 Å². The predicted molar refractivity (Wildman–Crippen MR) is 44.9 cm³/mol. The van der Waals surface area contributed by atoms with Crippen molar-refractivity contribution in [1.82, 2.24) is 0 Å². The summed E-state index contributed by atoms with van der Waals surface area (Å²) in [5, 5.41) is 11.4. The van der Waals surface area contributed by atoms with Crippen molar-refractivity contribution in [2.45, 2.75) is 46.0 Å². The Morgan fingerprint density at radius 1 is 1.50 bits per heavy atom. The summed E-state index contributed by atoms with van der Waals surface area (Å²) in [6.45, 7) is 4.30. The molecule has 1 nitrogen and oxygen atoms in total. The quantitative estimate of drug-likeness (QED) is 0.486. The average molecular weight is 160 g/mol. The standard InChI is InChI=1S/C10H18O.Li/c1-3-4-9-6-5-8(2)7-10(9)11;/h8,11H,3-7H2,1-2H3;/q;+1/p-1/t8-;/m1./s1. The Labute approximate surface area is 87.4 Å². The number of allylic oxidation sites excluding steroid dienone is 2. The molecular formula is C10H17LiO. The third kappa shape index (κ3) is 3.25. The van der Waals surface area contributed by atoms with Crippen molar-refractivity contribution < 1.29 is 24.0 Å². The summed E-state index contributed by atoms with van der Waals surface area (Å²) in [5.41, 5.74) is 1.20. The first-order valence-corrected chi connectivity index (χ1v) is 4.62. The fourth-order valence-corrected chi connectivity index (χ4v) is 1.69. The minimum Gasteiger partial charge on any atom is -0.875 e. The number of hydrogen-bond acceptors (Lipinski definition) is 1. The van der Waals surface area contributed by atoms with Gasteiger partial charge in [-0.1, -0.05) is 25.8 Å². The molecule has 0 radical (unpaired) electrons. The molecule has 12 heavy (non-hydrogen) atoms. The molecule has 0 spiro atoms. The molecule has 1 aliphatic rings. The molecule has 0 N–H and O–H groups in total. The van der Waals surface area contributed by atoms with E-state index in [0.29, 0.717) is 11.7 Å². The number of hydrogen-bond donors (Lipinski definition) is 0. The molecule has 1 rings (SSSR count). The Balaban J connectivity index is 0.00000121. The van der Waals surface area contributed by atoms with Gasteiger partial charge in [-0.2, -0.15) is 0 Å². The zero-order valence-electron chi connectivity index (χ0n) is 8.52. The average Bonchev–Trinajstić information content (AvgIpc) is 1.95. The van der Waals surface area contributed by atoms with Crippen LogP contribution in [0.3, 0.4) is 0 Å². The van der Waals surface area contributed by atoms with Gasteiger partial charge >= 0.3 is 18.9 Å². The van der Waals surface area contributed by atoms with Crippen molar-refractivity contribution in [3.63, 3.8) is 0 Å². The first-order valence-electron chi connectivity index (χ1n) is 4.62. The van der Waals surface area contributed by atoms with E-state index in [1.165, 1.54) is 12.0 Å². The second-order valence-corrected chi connectivity index (χ2v) is 3.62. The summed E-state index contributed by atoms with van der Waals surface area (Å²) in [4.78, 5) is 0. The SMILES string of the molecule is CCCC1=C([O-])C[C@H](C)CC1.[Li+]. The Bertz CT molecular complexity index is 163. The van der Waals surface area contributed by atoms with E-state index >= 15 is 0 Å². The molecule has 0 saturated carbocycles. The Morgan fingerprint density at radius 3 is 2.67 bits per heavy atom. The zero-order chi connectivity index (χ0) is 8.27. The summed E-state index contributed by atoms with van der Waals surface area (Å²) in [5.74, 6) is 1.06. The maximum atomic E-state index is 11.4. The molecule has 0 unspecified atom stereocenters. The Kier molecular flexibility index (Phi) is 5.79. The molecule has 2 heteroatoms. The molecule has 0 heterocycles. The summed E-state index contributed by atoms with van der Waals surface area (Å²) >= 11 is 0. The van der Waals surface area contributed by atoms with Gasteiger partial charge < -0.3 is 5.11 Å². The molecular weight excluding hydrogens is 143 g/mol. The minimum atomic E-state index is 0. The van der Waals surface area contributed by atoms with Gasteiger partial charge in [0.05, 0.1) is 0 Å². The van der Waals surface area contributed by atoms with Gasteiger partial charge in [0, 0.05) is 0 Å². The van der Waals surface area contributed by atoms with Crippen LogP contribution in [0.5, 0.6) is 0 Å². The fourth-order valence-electron chi connectivity index (χ4n) is 1.69. The Morgan fingerprint density at radius 2 is 2.17 bits per heavy atom. The van der Waals surface area contributed by atoms with Gasteiger partial charge in [-0.25, -0.2) is 0 Å². The van der Waals surface area contributed by atoms with E-state index in [4.69, 9.17) is 0 Å². The third-order valence-electron chi connectivity index (χ3n) is 2.42. The fraction of sp³-hybridized carbons (Fsp3) is 0.800. The molecule has 1 aliphatic carbocycles. The predicted octanol–water partition coefficient (Wildman–Crippen LogP) is -0.775. The van der Waals surface area contributed by atoms with Crippen molar-refractivity contribution >= 4 is 0 Å². The van der Waals surface area contributed by atoms with Gasteiger partial charge in [-0.05, 0) is 31.6 Å². The normalized spacial score (nSPS) is 23.7. The van der Waals surface area contributed by atoms with Crippen LogP contribution in [0, 0.1) is 5.92 Å². The molecule has 0 aromatic rings. The maximum absolute atomic E-state index is 11.4. The van der Waals surface area contributed by atoms with Crippen LogP contribution in [0.2, 0.25) is 0 Å². The molecule has 0 saturated heterocycles. The van der Waals surface area contributed by atoms with Crippen LogP contribution in [-0.2, 0) is 0 Å². The maximum Gasteiger partial charge on any atom is 1.00 e. The van der Waals surface area contributed by atoms with Crippen LogP contribution in [0.15, 0.2) is 11.3 Å². The van der Waals surface area contributed by atoms with Crippen LogP contribution in [0.25, 0.3) is 0 Å². The van der Waals surface area contributed by atoms with Crippen molar-refractivity contribution in [1.29, 1.82) is 0 Å². The van der Waals surface area contributed by atoms with Crippen LogP contribution in [0.4, 0.5) is 0 Å². The topological polar surface area (TPSA) is 23.1 Å². The first kappa shape index (κ1) is 12.1. The monoisotopic (exact) mass is 160 g/mol. The van der Waals surface area contributed by atoms with Crippen LogP contribution >= 0.6 is 0 Å². The first-order chi connectivity index (χ1) is 5.24. The zero-order valence-corrected chi connectivity index (χ0v) is 8.52. The van der Waals surface area contributed by atoms with E-state index in [-0.39, 0.29) is 18.9 Å². The van der Waals surface area contributed by atoms with E-state index in [9.17, 15) is 5.11 Å². The molecule has 0 aliphatic heterocycles. The second-order valence-electron chi connectivity index (χ2n) is 3.62. The molecule has 0 aromatic carbocycles. The van der Waals surface area contributed by atoms with E-state index < -0.39 is 0 Å². The summed E-state index contributed by atoms with van der Waals surface area (Å²) < 4.78 is 0. The van der Waals surface area contributed by atoms with Crippen LogP contribution in [-0.4, -0.2) is 0 Å². The molecule has 64 valence electrons. The van der Waals surface area contributed by atoms with Gasteiger partial charge in [0.2, 0.25) is 0 Å². The summed E-state index contributed by atoms with van der Waals surface area (Å²) in [6, 6.07) is 0. The smallest absolute Gasteiger partial charge is 0.875 e. The van der Waals surface area contributed by atoms with Gasteiger partial charge in [0.15, 0.2) is 0 Å². The second kappa shape index (κ2) is 5.73. The molecule has 0 amide bonds. The summed E-state index contributed by atoms with van der Waals surface area (Å²) in [7, 11) is 0. The van der Waals surface area contributed by atoms with Crippen molar-refractivity contribution in [2.24, 2.45) is 5.92 Å². The van der Waals surface area contributed by atoms with Crippen molar-refractivity contribution in [3.8, 4) is 0 Å². The minimum absolute atomic E-state index is 0. The Hall–Kier alpha value is 0.137. The van der Waals surface area contributed by atoms with Crippen LogP contribution < -0.4 is 24.0 Å². The molecule has 0 bridgehead atoms. The van der Waals surface area contributed by atoms with Crippen molar-refractivity contribution in [3.05, 3.63) is 11.3 Å². The molecule has 1 atom stereocenters. The van der Waals surface area contributed by atoms with Gasteiger partial charge in [-0.15, -0.1) is 5.76 Å². The molecule has 0 fully saturated rings. The summed E-state index contributed by atoms with van der Waals surface area (Å²) in [6.07, 6.45) is 5.24. The largest absolute Gasteiger partial charge is 1.00 e. The van der Waals surface area contributed by atoms with Gasteiger partial charge in [-0.3, -0.25) is 0 Å². The van der Waals surface area contributed by atoms with E-state index in [2.05, 4.69) is 13.8 Å². The van der Waals surface area contributed by atoms with Gasteiger partial charge in [0.25, 0.3) is 0 Å². The van der Waals surface area contributed by atoms with E-state index in [1.807, 2.05) is 0 Å². The van der Waals surface area contributed by atoms with Crippen LogP contribution in [0.1, 0.15) is 46.0 Å².